The van der Waals surface area contributed by atoms with Crippen molar-refractivity contribution >= 4 is 34.8 Å². The highest BCUT2D eigenvalue weighted by molar-refractivity contribution is 6.68. The van der Waals surface area contributed by atoms with E-state index in [1.165, 1.54) is 0 Å². The second-order valence-electron chi connectivity index (χ2n) is 6.65. The van der Waals surface area contributed by atoms with Crippen LogP contribution < -0.4 is 9.47 Å². The van der Waals surface area contributed by atoms with Crippen molar-refractivity contribution < 1.29 is 18.9 Å². The van der Waals surface area contributed by atoms with Crippen LogP contribution >= 0.6 is 34.8 Å². The fraction of sp³-hybridized carbons (Fsp3) is 0.400. The van der Waals surface area contributed by atoms with Gasteiger partial charge in [-0.15, -0.1) is 0 Å². The summed E-state index contributed by atoms with van der Waals surface area (Å²) in [6.07, 6.45) is 0.427. The molecule has 144 valence electrons. The van der Waals surface area contributed by atoms with Crippen LogP contribution in [-0.2, 0) is 9.47 Å². The van der Waals surface area contributed by atoms with Gasteiger partial charge in [-0.05, 0) is 35.4 Å². The second kappa shape index (κ2) is 8.06. The quantitative estimate of drug-likeness (QED) is 0.449. The van der Waals surface area contributed by atoms with Crippen LogP contribution in [0, 0.1) is 0 Å². The van der Waals surface area contributed by atoms with E-state index in [1.807, 2.05) is 48.5 Å². The van der Waals surface area contributed by atoms with Gasteiger partial charge in [0, 0.05) is 0 Å². The van der Waals surface area contributed by atoms with Crippen LogP contribution in [-0.4, -0.2) is 42.4 Å². The lowest BCUT2D eigenvalue weighted by atomic mass is 9.92. The van der Waals surface area contributed by atoms with E-state index >= 15 is 0 Å². The molecule has 2 atom stereocenters. The van der Waals surface area contributed by atoms with Gasteiger partial charge >= 0.3 is 0 Å². The molecule has 4 rings (SSSR count). The number of halogens is 3. The molecule has 2 aromatic rings. The van der Waals surface area contributed by atoms with Crippen molar-refractivity contribution in [3.05, 3.63) is 59.7 Å². The summed E-state index contributed by atoms with van der Waals surface area (Å²) in [7, 11) is 0. The van der Waals surface area contributed by atoms with Gasteiger partial charge in [-0.25, -0.2) is 0 Å². The zero-order valence-electron chi connectivity index (χ0n) is 14.4. The maximum Gasteiger partial charge on any atom is 0.201 e. The number of alkyl halides is 3. The Hall–Kier alpha value is -1.17. The highest BCUT2D eigenvalue weighted by atomic mass is 35.6. The lowest BCUT2D eigenvalue weighted by molar-refractivity contribution is 0.263. The molecule has 0 aromatic heterocycles. The summed E-state index contributed by atoms with van der Waals surface area (Å²) in [6, 6.07) is 15.2. The highest BCUT2D eigenvalue weighted by Crippen LogP contribution is 2.46. The first-order valence-corrected chi connectivity index (χ1v) is 9.88. The van der Waals surface area contributed by atoms with Crippen LogP contribution in [0.2, 0.25) is 0 Å². The topological polar surface area (TPSA) is 43.5 Å². The molecule has 0 spiro atoms. The van der Waals surface area contributed by atoms with E-state index in [0.717, 1.165) is 35.8 Å². The van der Waals surface area contributed by atoms with E-state index in [-0.39, 0.29) is 12.2 Å². The van der Waals surface area contributed by atoms with E-state index in [0.29, 0.717) is 13.2 Å². The van der Waals surface area contributed by atoms with Gasteiger partial charge in [0.25, 0.3) is 0 Å². The molecule has 2 aromatic carbocycles. The Labute approximate surface area is 173 Å². The Kier molecular flexibility index (Phi) is 5.72. The summed E-state index contributed by atoms with van der Waals surface area (Å²) in [6.45, 7) is 2.64. The third kappa shape index (κ3) is 5.43. The average molecular weight is 430 g/mol. The van der Waals surface area contributed by atoms with Crippen LogP contribution in [0.5, 0.6) is 11.5 Å². The molecule has 2 aliphatic heterocycles. The molecule has 4 nitrogen and oxygen atoms in total. The minimum Gasteiger partial charge on any atom is -0.491 e. The van der Waals surface area contributed by atoms with Gasteiger partial charge in [0.05, 0.1) is 19.1 Å². The lowest BCUT2D eigenvalue weighted by Gasteiger charge is -2.26. The maximum absolute atomic E-state index is 6.31. The van der Waals surface area contributed by atoms with E-state index in [1.54, 1.807) is 0 Å². The van der Waals surface area contributed by atoms with E-state index in [9.17, 15) is 0 Å². The second-order valence-corrected chi connectivity index (χ2v) is 9.01. The van der Waals surface area contributed by atoms with Crippen LogP contribution in [0.25, 0.3) is 0 Å². The number of hydrogen-bond acceptors (Lipinski definition) is 4. The first kappa shape index (κ1) is 19.2. The molecular weight excluding hydrogens is 411 g/mol. The molecular formula is C20H19Cl3O4. The minimum absolute atomic E-state index is 0.214. The predicted molar refractivity (Wildman–Crippen MR) is 105 cm³/mol. The van der Waals surface area contributed by atoms with Crippen molar-refractivity contribution in [2.24, 2.45) is 0 Å². The molecule has 0 N–H and O–H groups in total. The van der Waals surface area contributed by atoms with Gasteiger partial charge in [-0.1, -0.05) is 59.1 Å². The molecule has 0 amide bonds. The molecule has 2 fully saturated rings. The molecule has 7 heteroatoms. The van der Waals surface area contributed by atoms with E-state index in [2.05, 4.69) is 0 Å². The number of ether oxygens (including phenoxy) is 4. The van der Waals surface area contributed by atoms with Gasteiger partial charge in [-0.3, -0.25) is 0 Å². The van der Waals surface area contributed by atoms with Crippen molar-refractivity contribution in [2.75, 3.05) is 26.4 Å². The molecule has 0 bridgehead atoms. The minimum atomic E-state index is -1.49. The summed E-state index contributed by atoms with van der Waals surface area (Å²) in [4.78, 5) is 0. The first-order valence-electron chi connectivity index (χ1n) is 8.74. The van der Waals surface area contributed by atoms with E-state index in [4.69, 9.17) is 53.8 Å². The zero-order chi connectivity index (χ0) is 18.9. The summed E-state index contributed by atoms with van der Waals surface area (Å²) >= 11 is 18.9. The summed E-state index contributed by atoms with van der Waals surface area (Å²) in [5, 5.41) is 0. The molecule has 2 saturated heterocycles. The average Bonchev–Trinajstić information content (AvgIpc) is 3.54. The number of rotatable bonds is 8. The fourth-order valence-electron chi connectivity index (χ4n) is 2.79. The van der Waals surface area contributed by atoms with Crippen molar-refractivity contribution in [1.29, 1.82) is 0 Å². The third-order valence-electron chi connectivity index (χ3n) is 4.43. The Bertz CT molecular complexity index is 691. The Morgan fingerprint density at radius 3 is 1.44 bits per heavy atom. The summed E-state index contributed by atoms with van der Waals surface area (Å²) < 4.78 is 20.1. The van der Waals surface area contributed by atoms with Gasteiger partial charge in [0.1, 0.15) is 36.9 Å². The largest absolute Gasteiger partial charge is 0.491 e. The molecule has 27 heavy (non-hydrogen) atoms. The summed E-state index contributed by atoms with van der Waals surface area (Å²) in [5.74, 6) is 1.12. The van der Waals surface area contributed by atoms with Crippen molar-refractivity contribution in [3.8, 4) is 11.5 Å². The van der Waals surface area contributed by atoms with Crippen molar-refractivity contribution in [2.45, 2.75) is 21.9 Å². The molecule has 2 heterocycles. The van der Waals surface area contributed by atoms with Gasteiger partial charge in [0.2, 0.25) is 3.79 Å². The molecule has 0 aliphatic carbocycles. The Morgan fingerprint density at radius 1 is 0.778 bits per heavy atom. The molecule has 0 saturated carbocycles. The smallest absolute Gasteiger partial charge is 0.201 e. The number of benzene rings is 2. The van der Waals surface area contributed by atoms with Gasteiger partial charge < -0.3 is 18.9 Å². The van der Waals surface area contributed by atoms with Gasteiger partial charge in [0.15, 0.2) is 0 Å². The summed E-state index contributed by atoms with van der Waals surface area (Å²) in [5.41, 5.74) is 1.79. The van der Waals surface area contributed by atoms with Crippen molar-refractivity contribution in [3.63, 3.8) is 0 Å². The van der Waals surface area contributed by atoms with Crippen molar-refractivity contribution in [1.82, 2.24) is 0 Å². The lowest BCUT2D eigenvalue weighted by Crippen LogP contribution is -2.18. The van der Waals surface area contributed by atoms with Crippen LogP contribution in [0.3, 0.4) is 0 Å². The monoisotopic (exact) mass is 428 g/mol. The van der Waals surface area contributed by atoms with E-state index < -0.39 is 9.71 Å². The maximum atomic E-state index is 6.31. The van der Waals surface area contributed by atoms with Crippen LogP contribution in [0.4, 0.5) is 0 Å². The Balaban J connectivity index is 1.48. The standard InChI is InChI=1S/C20H19Cl3O4/c21-20(22,23)19(13-1-5-15(6-2-13)24-9-17-11-26-17)14-3-7-16(8-4-14)25-10-18-12-27-18/h1-8,17-19H,9-12H2/t17-,18-/m1/s1. The Morgan fingerprint density at radius 2 is 1.15 bits per heavy atom. The molecule has 0 unspecified atom stereocenters. The third-order valence-corrected chi connectivity index (χ3v) is 5.09. The highest BCUT2D eigenvalue weighted by Gasteiger charge is 2.35. The van der Waals surface area contributed by atoms with Crippen LogP contribution in [0.1, 0.15) is 17.0 Å². The number of epoxide rings is 2. The SMILES string of the molecule is ClC(Cl)(Cl)C(c1ccc(OC[C@@H]2CO2)cc1)c1ccc(OC[C@@H]2CO2)cc1. The molecule has 2 aliphatic rings. The van der Waals surface area contributed by atoms with Crippen LogP contribution in [0.15, 0.2) is 48.5 Å². The predicted octanol–water partition coefficient (Wildman–Crippen LogP) is 4.74. The normalized spacial score (nSPS) is 21.2. The number of hydrogen-bond donors (Lipinski definition) is 0. The molecule has 0 radical (unpaired) electrons. The fourth-order valence-corrected chi connectivity index (χ4v) is 3.55. The zero-order valence-corrected chi connectivity index (χ0v) is 16.7. The first-order chi connectivity index (χ1) is 13.0. The van der Waals surface area contributed by atoms with Gasteiger partial charge in [-0.2, -0.15) is 0 Å².